The van der Waals surface area contributed by atoms with Crippen LogP contribution in [0.4, 0.5) is 5.82 Å². The number of hydrogen-bond donors (Lipinski definition) is 0. The Hall–Kier alpha value is -4.52. The van der Waals surface area contributed by atoms with Crippen LogP contribution in [0.3, 0.4) is 0 Å². The average Bonchev–Trinajstić information content (AvgIpc) is 3.27. The highest BCUT2D eigenvalue weighted by Crippen LogP contribution is 2.28. The summed E-state index contributed by atoms with van der Waals surface area (Å²) in [6.07, 6.45) is 0.427. The fraction of sp³-hybridized carbons (Fsp3) is 0.200. The van der Waals surface area contributed by atoms with E-state index in [9.17, 15) is 4.79 Å². The second kappa shape index (κ2) is 8.85. The first kappa shape index (κ1) is 21.7. The lowest BCUT2D eigenvalue weighted by atomic mass is 10.2. The Morgan fingerprint density at radius 2 is 1.41 bits per heavy atom. The molecule has 0 radical (unpaired) electrons. The molecule has 7 heteroatoms. The summed E-state index contributed by atoms with van der Waals surface area (Å²) < 4.78 is 2.15. The van der Waals surface area contributed by atoms with Crippen molar-refractivity contribution in [3.05, 3.63) is 84.9 Å². The first-order valence-corrected chi connectivity index (χ1v) is 12.8. The molecule has 1 saturated heterocycles. The second-order valence-corrected chi connectivity index (χ2v) is 9.53. The lowest BCUT2D eigenvalue weighted by Crippen LogP contribution is -2.49. The standard InChI is InChI=1S/C30H26N6O/c37-28(35-19-17-34(18-20-35)27-14-13-21-7-1-3-9-23(21)31-27)15-16-36-26-12-6-2-8-22(26)29-30(36)33-25-11-5-4-10-24(25)32-29/h1-14H,15-20H2. The Morgan fingerprint density at radius 1 is 0.703 bits per heavy atom. The number of fused-ring (bicyclic) bond motifs is 5. The molecule has 7 nitrogen and oxygen atoms in total. The van der Waals surface area contributed by atoms with E-state index >= 15 is 0 Å². The minimum atomic E-state index is 0.172. The molecule has 182 valence electrons. The molecule has 0 spiro atoms. The lowest BCUT2D eigenvalue weighted by Gasteiger charge is -2.35. The molecule has 1 aliphatic rings. The number of pyridine rings is 1. The van der Waals surface area contributed by atoms with Gasteiger partial charge in [-0.15, -0.1) is 0 Å². The Balaban J connectivity index is 1.09. The number of benzene rings is 3. The maximum atomic E-state index is 13.2. The van der Waals surface area contributed by atoms with Crippen molar-refractivity contribution in [1.82, 2.24) is 24.4 Å². The number of carbonyl (C=O) groups excluding carboxylic acids is 1. The molecule has 37 heavy (non-hydrogen) atoms. The van der Waals surface area contributed by atoms with Gasteiger partial charge in [0.05, 0.1) is 22.1 Å². The van der Waals surface area contributed by atoms with Crippen molar-refractivity contribution in [3.8, 4) is 0 Å². The highest BCUT2D eigenvalue weighted by molar-refractivity contribution is 6.06. The number of nitrogens with zero attached hydrogens (tertiary/aromatic N) is 6. The molecule has 6 aromatic rings. The molecule has 1 aliphatic heterocycles. The summed E-state index contributed by atoms with van der Waals surface area (Å²) >= 11 is 0. The molecule has 1 fully saturated rings. The van der Waals surface area contributed by atoms with Gasteiger partial charge >= 0.3 is 0 Å². The van der Waals surface area contributed by atoms with Gasteiger partial charge in [-0.05, 0) is 36.4 Å². The number of piperazine rings is 1. The van der Waals surface area contributed by atoms with Crippen LogP contribution in [0.25, 0.3) is 44.0 Å². The molecule has 0 bridgehead atoms. The SMILES string of the molecule is O=C(CCn1c2ccccc2c2nc3ccccc3nc21)N1CCN(c2ccc3ccccc3n2)CC1. The first-order chi connectivity index (χ1) is 18.2. The monoisotopic (exact) mass is 486 g/mol. The number of carbonyl (C=O) groups is 1. The average molecular weight is 487 g/mol. The van der Waals surface area contributed by atoms with E-state index in [-0.39, 0.29) is 5.91 Å². The highest BCUT2D eigenvalue weighted by atomic mass is 16.2. The van der Waals surface area contributed by atoms with Crippen molar-refractivity contribution in [2.45, 2.75) is 13.0 Å². The Labute approximate surface area is 214 Å². The number of anilines is 1. The third-order valence-electron chi connectivity index (χ3n) is 7.35. The highest BCUT2D eigenvalue weighted by Gasteiger charge is 2.23. The molecule has 3 aromatic carbocycles. The lowest BCUT2D eigenvalue weighted by molar-refractivity contribution is -0.131. The van der Waals surface area contributed by atoms with E-state index in [2.05, 4.69) is 39.8 Å². The Bertz CT molecular complexity index is 1780. The van der Waals surface area contributed by atoms with Crippen LogP contribution in [0.2, 0.25) is 0 Å². The fourth-order valence-electron chi connectivity index (χ4n) is 5.39. The number of hydrogen-bond acceptors (Lipinski definition) is 5. The van der Waals surface area contributed by atoms with Crippen molar-refractivity contribution >= 4 is 55.7 Å². The third-order valence-corrected chi connectivity index (χ3v) is 7.35. The number of aryl methyl sites for hydroxylation is 1. The molecule has 0 aliphatic carbocycles. The van der Waals surface area contributed by atoms with E-state index < -0.39 is 0 Å². The van der Waals surface area contributed by atoms with E-state index in [1.54, 1.807) is 0 Å². The van der Waals surface area contributed by atoms with Gasteiger partial charge in [-0.2, -0.15) is 0 Å². The molecular weight excluding hydrogens is 460 g/mol. The van der Waals surface area contributed by atoms with Crippen LogP contribution < -0.4 is 4.90 Å². The van der Waals surface area contributed by atoms with Gasteiger partial charge in [-0.1, -0.05) is 48.5 Å². The number of aromatic nitrogens is 4. The first-order valence-electron chi connectivity index (χ1n) is 12.8. The molecule has 7 rings (SSSR count). The predicted molar refractivity (Wildman–Crippen MR) is 148 cm³/mol. The summed E-state index contributed by atoms with van der Waals surface area (Å²) in [7, 11) is 0. The number of amides is 1. The van der Waals surface area contributed by atoms with Crippen LogP contribution in [0.15, 0.2) is 84.9 Å². The van der Waals surface area contributed by atoms with Crippen molar-refractivity contribution in [1.29, 1.82) is 0 Å². The second-order valence-electron chi connectivity index (χ2n) is 9.53. The van der Waals surface area contributed by atoms with Gasteiger partial charge in [0, 0.05) is 49.9 Å². The van der Waals surface area contributed by atoms with Gasteiger partial charge < -0.3 is 14.4 Å². The van der Waals surface area contributed by atoms with E-state index in [0.717, 1.165) is 62.9 Å². The maximum Gasteiger partial charge on any atom is 0.224 e. The zero-order chi connectivity index (χ0) is 24.8. The number of rotatable bonds is 4. The molecule has 0 unspecified atom stereocenters. The quantitative estimate of drug-likeness (QED) is 0.350. The van der Waals surface area contributed by atoms with Gasteiger partial charge in [0.1, 0.15) is 11.3 Å². The summed E-state index contributed by atoms with van der Waals surface area (Å²) in [5.74, 6) is 1.15. The van der Waals surface area contributed by atoms with Crippen LogP contribution in [0, 0.1) is 0 Å². The van der Waals surface area contributed by atoms with Gasteiger partial charge in [0.2, 0.25) is 5.91 Å². The maximum absolute atomic E-state index is 13.2. The van der Waals surface area contributed by atoms with E-state index in [1.165, 1.54) is 0 Å². The summed E-state index contributed by atoms with van der Waals surface area (Å²) in [6, 6.07) is 28.5. The Morgan fingerprint density at radius 3 is 2.24 bits per heavy atom. The van der Waals surface area contributed by atoms with E-state index in [1.807, 2.05) is 59.5 Å². The van der Waals surface area contributed by atoms with Crippen molar-refractivity contribution in [2.75, 3.05) is 31.1 Å². The zero-order valence-electron chi connectivity index (χ0n) is 20.4. The van der Waals surface area contributed by atoms with Gasteiger partial charge in [-0.3, -0.25) is 4.79 Å². The summed E-state index contributed by atoms with van der Waals surface area (Å²) in [6.45, 7) is 3.53. The topological polar surface area (TPSA) is 67.2 Å². The normalized spacial score (nSPS) is 14.3. The molecule has 0 atom stereocenters. The molecule has 3 aromatic heterocycles. The zero-order valence-corrected chi connectivity index (χ0v) is 20.4. The minimum absolute atomic E-state index is 0.172. The van der Waals surface area contributed by atoms with Crippen LogP contribution in [-0.2, 0) is 11.3 Å². The molecular formula is C30H26N6O. The van der Waals surface area contributed by atoms with Crippen molar-refractivity contribution < 1.29 is 4.79 Å². The van der Waals surface area contributed by atoms with Crippen LogP contribution in [-0.4, -0.2) is 56.5 Å². The fourth-order valence-corrected chi connectivity index (χ4v) is 5.39. The third kappa shape index (κ3) is 3.83. The summed E-state index contributed by atoms with van der Waals surface area (Å²) in [5, 5.41) is 2.21. The number of para-hydroxylation sites is 4. The van der Waals surface area contributed by atoms with Crippen LogP contribution in [0.1, 0.15) is 6.42 Å². The van der Waals surface area contributed by atoms with Gasteiger partial charge in [0.25, 0.3) is 0 Å². The predicted octanol–water partition coefficient (Wildman–Crippen LogP) is 5.02. The summed E-state index contributed by atoms with van der Waals surface area (Å²) in [4.78, 5) is 32.2. The molecule has 0 N–H and O–H groups in total. The summed E-state index contributed by atoms with van der Waals surface area (Å²) in [5.41, 5.74) is 5.53. The van der Waals surface area contributed by atoms with E-state index in [0.29, 0.717) is 26.1 Å². The Kier molecular flexibility index (Phi) is 5.20. The smallest absolute Gasteiger partial charge is 0.224 e. The molecule has 1 amide bonds. The van der Waals surface area contributed by atoms with Crippen molar-refractivity contribution in [3.63, 3.8) is 0 Å². The van der Waals surface area contributed by atoms with Crippen LogP contribution in [0.5, 0.6) is 0 Å². The van der Waals surface area contributed by atoms with Gasteiger partial charge in [-0.25, -0.2) is 15.0 Å². The van der Waals surface area contributed by atoms with Crippen molar-refractivity contribution in [2.24, 2.45) is 0 Å². The van der Waals surface area contributed by atoms with Gasteiger partial charge in [0.15, 0.2) is 5.65 Å². The van der Waals surface area contributed by atoms with Crippen LogP contribution >= 0.6 is 0 Å². The largest absolute Gasteiger partial charge is 0.353 e. The minimum Gasteiger partial charge on any atom is -0.353 e. The molecule has 4 heterocycles. The molecule has 0 saturated carbocycles. The van der Waals surface area contributed by atoms with E-state index in [4.69, 9.17) is 15.0 Å².